The SMILES string of the molecule is CC(Cc1cccc(F)c1)N(C)C1COCC1C(=O)O. The van der Waals surface area contributed by atoms with Gasteiger partial charge in [0, 0.05) is 12.1 Å². The second kappa shape index (κ2) is 6.33. The van der Waals surface area contributed by atoms with Crippen molar-refractivity contribution in [3.63, 3.8) is 0 Å². The van der Waals surface area contributed by atoms with Crippen molar-refractivity contribution < 1.29 is 19.0 Å². The molecule has 2 rings (SSSR count). The van der Waals surface area contributed by atoms with Crippen molar-refractivity contribution in [2.75, 3.05) is 20.3 Å². The zero-order valence-electron chi connectivity index (χ0n) is 11.8. The highest BCUT2D eigenvalue weighted by Crippen LogP contribution is 2.22. The summed E-state index contributed by atoms with van der Waals surface area (Å²) in [5.74, 6) is -1.56. The van der Waals surface area contributed by atoms with E-state index >= 15 is 0 Å². The molecule has 4 nitrogen and oxygen atoms in total. The third kappa shape index (κ3) is 3.35. The summed E-state index contributed by atoms with van der Waals surface area (Å²) in [6.07, 6.45) is 0.678. The molecule has 110 valence electrons. The summed E-state index contributed by atoms with van der Waals surface area (Å²) in [6, 6.07) is 6.50. The highest BCUT2D eigenvalue weighted by molar-refractivity contribution is 5.71. The number of carboxylic acid groups (broad SMARTS) is 1. The van der Waals surface area contributed by atoms with E-state index in [-0.39, 0.29) is 24.5 Å². The van der Waals surface area contributed by atoms with Gasteiger partial charge in [-0.25, -0.2) is 4.39 Å². The van der Waals surface area contributed by atoms with Gasteiger partial charge < -0.3 is 9.84 Å². The average molecular weight is 281 g/mol. The van der Waals surface area contributed by atoms with Crippen molar-refractivity contribution >= 4 is 5.97 Å². The molecule has 5 heteroatoms. The molecule has 1 fully saturated rings. The number of carbonyl (C=O) groups is 1. The third-order valence-electron chi connectivity index (χ3n) is 4.01. The molecule has 3 unspecified atom stereocenters. The monoisotopic (exact) mass is 281 g/mol. The molecule has 1 aromatic carbocycles. The average Bonchev–Trinajstić information content (AvgIpc) is 2.87. The number of aliphatic carboxylic acids is 1. The second-order valence-corrected chi connectivity index (χ2v) is 5.40. The molecule has 3 atom stereocenters. The highest BCUT2D eigenvalue weighted by atomic mass is 19.1. The molecule has 1 aliphatic rings. The summed E-state index contributed by atoms with van der Waals surface area (Å²) in [5.41, 5.74) is 0.912. The molecule has 1 heterocycles. The van der Waals surface area contributed by atoms with Crippen molar-refractivity contribution in [2.45, 2.75) is 25.4 Å². The number of nitrogens with zero attached hydrogens (tertiary/aromatic N) is 1. The molecule has 0 bridgehead atoms. The minimum atomic E-state index is -0.822. The van der Waals surface area contributed by atoms with Crippen molar-refractivity contribution in [1.82, 2.24) is 4.90 Å². The predicted octanol–water partition coefficient (Wildman–Crippen LogP) is 1.79. The Morgan fingerprint density at radius 3 is 2.95 bits per heavy atom. The molecule has 0 aliphatic carbocycles. The van der Waals surface area contributed by atoms with Gasteiger partial charge in [0.15, 0.2) is 0 Å². The largest absolute Gasteiger partial charge is 0.481 e. The van der Waals surface area contributed by atoms with Gasteiger partial charge in [-0.1, -0.05) is 12.1 Å². The maximum Gasteiger partial charge on any atom is 0.310 e. The van der Waals surface area contributed by atoms with E-state index in [1.807, 2.05) is 24.9 Å². The maximum atomic E-state index is 13.2. The van der Waals surface area contributed by atoms with Crippen LogP contribution in [0.1, 0.15) is 12.5 Å². The van der Waals surface area contributed by atoms with Crippen LogP contribution in [0.5, 0.6) is 0 Å². The third-order valence-corrected chi connectivity index (χ3v) is 4.01. The molecule has 0 radical (unpaired) electrons. The van der Waals surface area contributed by atoms with Crippen LogP contribution in [-0.4, -0.2) is 48.3 Å². The van der Waals surface area contributed by atoms with E-state index in [1.165, 1.54) is 12.1 Å². The van der Waals surface area contributed by atoms with Crippen LogP contribution in [0.15, 0.2) is 24.3 Å². The van der Waals surface area contributed by atoms with Crippen molar-refractivity contribution in [1.29, 1.82) is 0 Å². The van der Waals surface area contributed by atoms with Crippen molar-refractivity contribution in [3.05, 3.63) is 35.6 Å². The number of rotatable bonds is 5. The van der Waals surface area contributed by atoms with Crippen LogP contribution < -0.4 is 0 Å². The Bertz CT molecular complexity index is 480. The van der Waals surface area contributed by atoms with Gasteiger partial charge in [-0.15, -0.1) is 0 Å². The predicted molar refractivity (Wildman–Crippen MR) is 73.1 cm³/mol. The summed E-state index contributed by atoms with van der Waals surface area (Å²) in [6.45, 7) is 2.71. The van der Waals surface area contributed by atoms with Gasteiger partial charge in [0.1, 0.15) is 5.82 Å². The molecule has 1 aromatic rings. The van der Waals surface area contributed by atoms with E-state index in [0.717, 1.165) is 5.56 Å². The lowest BCUT2D eigenvalue weighted by molar-refractivity contribution is -0.143. The topological polar surface area (TPSA) is 49.8 Å². The summed E-state index contributed by atoms with van der Waals surface area (Å²) in [5, 5.41) is 9.18. The molecular formula is C15H20FNO3. The number of ether oxygens (including phenoxy) is 1. The van der Waals surface area contributed by atoms with Gasteiger partial charge in [0.2, 0.25) is 0 Å². The second-order valence-electron chi connectivity index (χ2n) is 5.40. The van der Waals surface area contributed by atoms with Crippen LogP contribution in [0.3, 0.4) is 0 Å². The number of hydrogen-bond acceptors (Lipinski definition) is 3. The standard InChI is InChI=1S/C15H20FNO3/c1-10(6-11-4-3-5-12(16)7-11)17(2)14-9-20-8-13(14)15(18)19/h3-5,7,10,13-14H,6,8-9H2,1-2H3,(H,18,19). The van der Waals surface area contributed by atoms with Gasteiger partial charge in [0.25, 0.3) is 0 Å². The van der Waals surface area contributed by atoms with E-state index in [9.17, 15) is 14.3 Å². The Morgan fingerprint density at radius 1 is 1.55 bits per heavy atom. The van der Waals surface area contributed by atoms with Gasteiger partial charge >= 0.3 is 5.97 Å². The molecule has 0 aromatic heterocycles. The van der Waals surface area contributed by atoms with Crippen LogP contribution in [0, 0.1) is 11.7 Å². The molecule has 0 saturated carbocycles. The van der Waals surface area contributed by atoms with Crippen LogP contribution in [0.25, 0.3) is 0 Å². The smallest absolute Gasteiger partial charge is 0.310 e. The van der Waals surface area contributed by atoms with E-state index in [0.29, 0.717) is 13.0 Å². The molecule has 0 amide bonds. The summed E-state index contributed by atoms with van der Waals surface area (Å²) in [4.78, 5) is 13.2. The highest BCUT2D eigenvalue weighted by Gasteiger charge is 2.37. The van der Waals surface area contributed by atoms with Crippen LogP contribution in [0.4, 0.5) is 4.39 Å². The first-order chi connectivity index (χ1) is 9.49. The van der Waals surface area contributed by atoms with Crippen LogP contribution >= 0.6 is 0 Å². The number of benzene rings is 1. The quantitative estimate of drug-likeness (QED) is 0.894. The minimum Gasteiger partial charge on any atom is -0.481 e. The zero-order valence-corrected chi connectivity index (χ0v) is 11.8. The summed E-state index contributed by atoms with van der Waals surface area (Å²) >= 11 is 0. The lowest BCUT2D eigenvalue weighted by Gasteiger charge is -2.32. The number of carboxylic acids is 1. The molecule has 1 N–H and O–H groups in total. The Labute approximate surface area is 118 Å². The number of likely N-dealkylation sites (N-methyl/N-ethyl adjacent to an activating group) is 1. The summed E-state index contributed by atoms with van der Waals surface area (Å²) < 4.78 is 18.5. The van der Waals surface area contributed by atoms with Gasteiger partial charge in [-0.05, 0) is 38.1 Å². The normalized spacial score (nSPS) is 24.0. The van der Waals surface area contributed by atoms with E-state index in [4.69, 9.17) is 4.74 Å². The van der Waals surface area contributed by atoms with Crippen LogP contribution in [-0.2, 0) is 16.0 Å². The van der Waals surface area contributed by atoms with E-state index in [2.05, 4.69) is 0 Å². The van der Waals surface area contributed by atoms with E-state index in [1.54, 1.807) is 6.07 Å². The molecule has 1 saturated heterocycles. The first-order valence-corrected chi connectivity index (χ1v) is 6.76. The van der Waals surface area contributed by atoms with Gasteiger partial charge in [-0.3, -0.25) is 9.69 Å². The summed E-state index contributed by atoms with van der Waals surface area (Å²) in [7, 11) is 1.90. The molecule has 20 heavy (non-hydrogen) atoms. The first kappa shape index (κ1) is 14.9. The minimum absolute atomic E-state index is 0.116. The van der Waals surface area contributed by atoms with Crippen molar-refractivity contribution in [3.8, 4) is 0 Å². The molecular weight excluding hydrogens is 261 g/mol. The number of halogens is 1. The van der Waals surface area contributed by atoms with E-state index < -0.39 is 11.9 Å². The lowest BCUT2D eigenvalue weighted by atomic mass is 9.99. The van der Waals surface area contributed by atoms with Crippen molar-refractivity contribution in [2.24, 2.45) is 5.92 Å². The molecule has 0 spiro atoms. The Kier molecular flexibility index (Phi) is 4.73. The fraction of sp³-hybridized carbons (Fsp3) is 0.533. The molecule has 1 aliphatic heterocycles. The van der Waals surface area contributed by atoms with Gasteiger partial charge in [-0.2, -0.15) is 0 Å². The first-order valence-electron chi connectivity index (χ1n) is 6.76. The van der Waals surface area contributed by atoms with Gasteiger partial charge in [0.05, 0.1) is 19.1 Å². The fourth-order valence-electron chi connectivity index (χ4n) is 2.66. The Balaban J connectivity index is 2.01. The lowest BCUT2D eigenvalue weighted by Crippen LogP contribution is -2.46. The Morgan fingerprint density at radius 2 is 2.30 bits per heavy atom. The zero-order chi connectivity index (χ0) is 14.7. The number of hydrogen-bond donors (Lipinski definition) is 1. The fourth-order valence-corrected chi connectivity index (χ4v) is 2.66. The Hall–Kier alpha value is -1.46. The maximum absolute atomic E-state index is 13.2. The van der Waals surface area contributed by atoms with Crippen LogP contribution in [0.2, 0.25) is 0 Å².